The molecule has 0 saturated carbocycles. The van der Waals surface area contributed by atoms with Crippen molar-refractivity contribution >= 4 is 5.97 Å². The number of ether oxygens (including phenoxy) is 2. The molecule has 0 heterocycles. The van der Waals surface area contributed by atoms with E-state index in [2.05, 4.69) is 64.1 Å². The predicted octanol–water partition coefficient (Wildman–Crippen LogP) is 10.3. The Bertz CT molecular complexity index is 1070. The standard InChI is InChI=1S/C35H46O3/c1-5-8-9-10-11-12-26-37-27(4)29-14-16-31(17-15-29)32-18-20-33(21-19-32)35(36)38-34-24-22-30(23-25-34)28(7-3)13-6-2/h14-25,27-28H,5-13,26H2,1-4H3. The third kappa shape index (κ3) is 9.13. The molecule has 0 N–H and O–H groups in total. The number of hydrogen-bond acceptors (Lipinski definition) is 3. The molecule has 3 nitrogen and oxygen atoms in total. The Kier molecular flexibility index (Phi) is 12.6. The maximum Gasteiger partial charge on any atom is 0.343 e. The lowest BCUT2D eigenvalue weighted by atomic mass is 9.92. The van der Waals surface area contributed by atoms with Gasteiger partial charge < -0.3 is 9.47 Å². The quantitative estimate of drug-likeness (QED) is 0.108. The van der Waals surface area contributed by atoms with Crippen molar-refractivity contribution in [2.45, 2.75) is 97.5 Å². The largest absolute Gasteiger partial charge is 0.423 e. The van der Waals surface area contributed by atoms with Crippen LogP contribution in [0.2, 0.25) is 0 Å². The van der Waals surface area contributed by atoms with E-state index < -0.39 is 0 Å². The van der Waals surface area contributed by atoms with E-state index in [-0.39, 0.29) is 12.1 Å². The Balaban J connectivity index is 1.50. The molecule has 2 atom stereocenters. The molecule has 0 bridgehead atoms. The van der Waals surface area contributed by atoms with Gasteiger partial charge >= 0.3 is 5.97 Å². The van der Waals surface area contributed by atoms with Gasteiger partial charge in [-0.15, -0.1) is 0 Å². The summed E-state index contributed by atoms with van der Waals surface area (Å²) in [6, 6.07) is 24.1. The van der Waals surface area contributed by atoms with Gasteiger partial charge in [-0.2, -0.15) is 0 Å². The average Bonchev–Trinajstić information content (AvgIpc) is 2.96. The van der Waals surface area contributed by atoms with Crippen molar-refractivity contribution in [2.24, 2.45) is 0 Å². The summed E-state index contributed by atoms with van der Waals surface area (Å²) in [5.41, 5.74) is 5.22. The molecule has 0 fully saturated rings. The summed E-state index contributed by atoms with van der Waals surface area (Å²) in [5, 5.41) is 0. The molecule has 38 heavy (non-hydrogen) atoms. The van der Waals surface area contributed by atoms with Gasteiger partial charge in [-0.25, -0.2) is 4.79 Å². The Morgan fingerprint density at radius 3 is 1.87 bits per heavy atom. The highest BCUT2D eigenvalue weighted by atomic mass is 16.5. The summed E-state index contributed by atoms with van der Waals surface area (Å²) in [4.78, 5) is 12.7. The lowest BCUT2D eigenvalue weighted by Crippen LogP contribution is -2.08. The van der Waals surface area contributed by atoms with Gasteiger partial charge in [0.15, 0.2) is 0 Å². The second-order valence-electron chi connectivity index (χ2n) is 10.3. The van der Waals surface area contributed by atoms with Crippen LogP contribution < -0.4 is 4.74 Å². The number of carbonyl (C=O) groups is 1. The van der Waals surface area contributed by atoms with E-state index in [0.717, 1.165) is 30.6 Å². The van der Waals surface area contributed by atoms with Crippen molar-refractivity contribution in [1.82, 2.24) is 0 Å². The van der Waals surface area contributed by atoms with Crippen LogP contribution in [0.15, 0.2) is 72.8 Å². The fourth-order valence-corrected chi connectivity index (χ4v) is 4.91. The molecule has 3 rings (SSSR count). The summed E-state index contributed by atoms with van der Waals surface area (Å²) in [7, 11) is 0. The molecule has 0 aliphatic carbocycles. The molecule has 3 heteroatoms. The zero-order chi connectivity index (χ0) is 27.2. The summed E-state index contributed by atoms with van der Waals surface area (Å²) in [6.07, 6.45) is 11.2. The van der Waals surface area contributed by atoms with Gasteiger partial charge in [-0.1, -0.05) is 108 Å². The first-order valence-electron chi connectivity index (χ1n) is 14.7. The summed E-state index contributed by atoms with van der Waals surface area (Å²) < 4.78 is 11.7. The highest BCUT2D eigenvalue weighted by Crippen LogP contribution is 2.27. The van der Waals surface area contributed by atoms with E-state index in [1.807, 2.05) is 36.4 Å². The molecule has 0 aliphatic heterocycles. The number of hydrogen-bond donors (Lipinski definition) is 0. The SMILES string of the molecule is CCCCCCCCOC(C)c1ccc(-c2ccc(C(=O)Oc3ccc(C(CC)CCC)cc3)cc2)cc1. The van der Waals surface area contributed by atoms with E-state index in [0.29, 0.717) is 17.2 Å². The van der Waals surface area contributed by atoms with Crippen LogP contribution in [0, 0.1) is 0 Å². The van der Waals surface area contributed by atoms with Crippen molar-refractivity contribution in [3.63, 3.8) is 0 Å². The smallest absolute Gasteiger partial charge is 0.343 e. The molecule has 0 radical (unpaired) electrons. The summed E-state index contributed by atoms with van der Waals surface area (Å²) >= 11 is 0. The second-order valence-corrected chi connectivity index (χ2v) is 10.3. The van der Waals surface area contributed by atoms with E-state index >= 15 is 0 Å². The molecule has 0 aromatic heterocycles. The number of unbranched alkanes of at least 4 members (excludes halogenated alkanes) is 5. The normalized spacial score (nSPS) is 12.7. The number of rotatable bonds is 16. The van der Waals surface area contributed by atoms with Crippen LogP contribution >= 0.6 is 0 Å². The van der Waals surface area contributed by atoms with Crippen molar-refractivity contribution in [3.05, 3.63) is 89.5 Å². The molecule has 0 spiro atoms. The fourth-order valence-electron chi connectivity index (χ4n) is 4.91. The highest BCUT2D eigenvalue weighted by Gasteiger charge is 2.12. The van der Waals surface area contributed by atoms with Gasteiger partial charge in [0.1, 0.15) is 5.75 Å². The molecule has 3 aromatic rings. The topological polar surface area (TPSA) is 35.5 Å². The molecular formula is C35H46O3. The third-order valence-corrected chi connectivity index (χ3v) is 7.39. The van der Waals surface area contributed by atoms with Crippen LogP contribution in [-0.2, 0) is 4.74 Å². The summed E-state index contributed by atoms with van der Waals surface area (Å²) in [6.45, 7) is 9.62. The minimum atomic E-state index is -0.336. The Morgan fingerprint density at radius 2 is 1.26 bits per heavy atom. The molecule has 0 aliphatic rings. The van der Waals surface area contributed by atoms with E-state index in [4.69, 9.17) is 9.47 Å². The molecular weight excluding hydrogens is 468 g/mol. The van der Waals surface area contributed by atoms with Crippen LogP contribution in [0.1, 0.15) is 119 Å². The van der Waals surface area contributed by atoms with Gasteiger partial charge in [-0.3, -0.25) is 0 Å². The molecule has 0 saturated heterocycles. The molecule has 0 amide bonds. The van der Waals surface area contributed by atoms with Crippen molar-refractivity contribution in [1.29, 1.82) is 0 Å². The van der Waals surface area contributed by atoms with Crippen LogP contribution in [0.25, 0.3) is 11.1 Å². The van der Waals surface area contributed by atoms with Crippen LogP contribution in [0.3, 0.4) is 0 Å². The van der Waals surface area contributed by atoms with E-state index in [1.165, 1.54) is 56.1 Å². The van der Waals surface area contributed by atoms with Crippen LogP contribution in [0.5, 0.6) is 5.75 Å². The molecule has 3 aromatic carbocycles. The zero-order valence-corrected chi connectivity index (χ0v) is 23.9. The first-order valence-corrected chi connectivity index (χ1v) is 14.7. The van der Waals surface area contributed by atoms with Gasteiger partial charge in [0.25, 0.3) is 0 Å². The number of carbonyl (C=O) groups excluding carboxylic acids is 1. The first kappa shape index (κ1) is 29.6. The maximum atomic E-state index is 12.7. The lowest BCUT2D eigenvalue weighted by molar-refractivity contribution is 0.0627. The van der Waals surface area contributed by atoms with Crippen molar-refractivity contribution in [3.8, 4) is 16.9 Å². The third-order valence-electron chi connectivity index (χ3n) is 7.39. The molecule has 204 valence electrons. The van der Waals surface area contributed by atoms with Gasteiger partial charge in [-0.05, 0) is 78.6 Å². The fraction of sp³-hybridized carbons (Fsp3) is 0.457. The van der Waals surface area contributed by atoms with E-state index in [9.17, 15) is 4.79 Å². The van der Waals surface area contributed by atoms with Crippen LogP contribution in [0.4, 0.5) is 0 Å². The Labute approximate surface area is 230 Å². The van der Waals surface area contributed by atoms with Crippen molar-refractivity contribution in [2.75, 3.05) is 6.61 Å². The van der Waals surface area contributed by atoms with Gasteiger partial charge in [0.2, 0.25) is 0 Å². The lowest BCUT2D eigenvalue weighted by Gasteiger charge is -2.15. The van der Waals surface area contributed by atoms with Crippen LogP contribution in [-0.4, -0.2) is 12.6 Å². The minimum Gasteiger partial charge on any atom is -0.423 e. The Hall–Kier alpha value is -2.91. The maximum absolute atomic E-state index is 12.7. The van der Waals surface area contributed by atoms with Gasteiger partial charge in [0, 0.05) is 6.61 Å². The average molecular weight is 515 g/mol. The van der Waals surface area contributed by atoms with E-state index in [1.54, 1.807) is 0 Å². The minimum absolute atomic E-state index is 0.0883. The van der Waals surface area contributed by atoms with Crippen molar-refractivity contribution < 1.29 is 14.3 Å². The van der Waals surface area contributed by atoms with Gasteiger partial charge in [0.05, 0.1) is 11.7 Å². The monoisotopic (exact) mass is 514 g/mol. The molecule has 2 unspecified atom stereocenters. The number of benzene rings is 3. The summed E-state index contributed by atoms with van der Waals surface area (Å²) in [5.74, 6) is 0.807. The second kappa shape index (κ2) is 16.1. The zero-order valence-electron chi connectivity index (χ0n) is 23.9. The Morgan fingerprint density at radius 1 is 0.684 bits per heavy atom. The first-order chi connectivity index (χ1) is 18.5. The highest BCUT2D eigenvalue weighted by molar-refractivity contribution is 5.91. The predicted molar refractivity (Wildman–Crippen MR) is 159 cm³/mol. The number of esters is 1.